The first kappa shape index (κ1) is 15.9. The Kier molecular flexibility index (Phi) is 4.53. The quantitative estimate of drug-likeness (QED) is 0.489. The lowest BCUT2D eigenvalue weighted by molar-refractivity contribution is 0.822. The predicted molar refractivity (Wildman–Crippen MR) is 107 cm³/mol. The lowest BCUT2D eigenvalue weighted by Crippen LogP contribution is -2.08. The van der Waals surface area contributed by atoms with Gasteiger partial charge in [0.2, 0.25) is 5.95 Å². The summed E-state index contributed by atoms with van der Waals surface area (Å²) in [5, 5.41) is 3.50. The minimum Gasteiger partial charge on any atom is -0.352 e. The van der Waals surface area contributed by atoms with E-state index in [1.165, 1.54) is 11.1 Å². The Morgan fingerprint density at radius 1 is 0.800 bits per heavy atom. The topological polar surface area (TPSA) is 29.9 Å². The van der Waals surface area contributed by atoms with E-state index < -0.39 is 0 Å². The molecule has 124 valence electrons. The molecule has 3 nitrogen and oxygen atoms in total. The number of hydrogen-bond donors (Lipinski definition) is 1. The van der Waals surface area contributed by atoms with Gasteiger partial charge in [-0.05, 0) is 35.4 Å². The van der Waals surface area contributed by atoms with Gasteiger partial charge in [-0.1, -0.05) is 70.5 Å². The second kappa shape index (κ2) is 7.11. The van der Waals surface area contributed by atoms with Crippen LogP contribution in [0.15, 0.2) is 83.3 Å². The van der Waals surface area contributed by atoms with Crippen molar-refractivity contribution >= 4 is 32.9 Å². The van der Waals surface area contributed by atoms with Crippen molar-refractivity contribution in [3.05, 3.63) is 94.5 Å². The van der Waals surface area contributed by atoms with Crippen LogP contribution in [-0.4, -0.2) is 9.55 Å². The van der Waals surface area contributed by atoms with E-state index in [1.807, 2.05) is 12.1 Å². The van der Waals surface area contributed by atoms with Crippen LogP contribution in [0.2, 0.25) is 0 Å². The highest BCUT2D eigenvalue weighted by Crippen LogP contribution is 2.22. The summed E-state index contributed by atoms with van der Waals surface area (Å²) in [6.45, 7) is 1.54. The van der Waals surface area contributed by atoms with Crippen LogP contribution >= 0.6 is 15.9 Å². The number of nitrogens with one attached hydrogen (secondary N) is 1. The van der Waals surface area contributed by atoms with Gasteiger partial charge in [-0.15, -0.1) is 0 Å². The van der Waals surface area contributed by atoms with Crippen LogP contribution in [0, 0.1) is 0 Å². The van der Waals surface area contributed by atoms with Crippen molar-refractivity contribution < 1.29 is 0 Å². The van der Waals surface area contributed by atoms with Crippen molar-refractivity contribution in [1.82, 2.24) is 9.55 Å². The molecular formula is C21H18BrN3. The highest BCUT2D eigenvalue weighted by molar-refractivity contribution is 9.10. The second-order valence-corrected chi connectivity index (χ2v) is 6.89. The Morgan fingerprint density at radius 3 is 2.32 bits per heavy atom. The van der Waals surface area contributed by atoms with Gasteiger partial charge in [0.25, 0.3) is 0 Å². The van der Waals surface area contributed by atoms with Gasteiger partial charge in [0, 0.05) is 11.0 Å². The number of hydrogen-bond acceptors (Lipinski definition) is 2. The molecule has 0 fully saturated rings. The van der Waals surface area contributed by atoms with Crippen molar-refractivity contribution in [1.29, 1.82) is 0 Å². The van der Waals surface area contributed by atoms with Crippen molar-refractivity contribution in [2.75, 3.05) is 5.32 Å². The largest absolute Gasteiger partial charge is 0.352 e. The Morgan fingerprint density at radius 2 is 1.52 bits per heavy atom. The smallest absolute Gasteiger partial charge is 0.204 e. The molecule has 25 heavy (non-hydrogen) atoms. The number of halogens is 1. The molecule has 0 aliphatic rings. The predicted octanol–water partition coefficient (Wildman–Crippen LogP) is 5.46. The third-order valence-electron chi connectivity index (χ3n) is 4.20. The molecule has 0 saturated carbocycles. The van der Waals surface area contributed by atoms with E-state index in [-0.39, 0.29) is 0 Å². The molecule has 1 N–H and O–H groups in total. The lowest BCUT2D eigenvalue weighted by Gasteiger charge is -2.11. The maximum Gasteiger partial charge on any atom is 0.204 e. The van der Waals surface area contributed by atoms with Crippen LogP contribution in [-0.2, 0) is 13.1 Å². The van der Waals surface area contributed by atoms with Crippen molar-refractivity contribution in [2.45, 2.75) is 13.1 Å². The number of fused-ring (bicyclic) bond motifs is 1. The number of para-hydroxylation sites is 2. The fourth-order valence-corrected chi connectivity index (χ4v) is 3.18. The molecule has 1 aromatic heterocycles. The minimum absolute atomic E-state index is 0.741. The van der Waals surface area contributed by atoms with Gasteiger partial charge in [0.05, 0.1) is 17.6 Å². The number of rotatable bonds is 5. The molecule has 0 unspecified atom stereocenters. The molecular weight excluding hydrogens is 374 g/mol. The van der Waals surface area contributed by atoms with E-state index in [4.69, 9.17) is 4.98 Å². The maximum atomic E-state index is 4.78. The lowest BCUT2D eigenvalue weighted by atomic mass is 10.2. The minimum atomic E-state index is 0.741. The molecule has 1 heterocycles. The highest BCUT2D eigenvalue weighted by Gasteiger charge is 2.10. The number of aromatic nitrogens is 2. The van der Waals surface area contributed by atoms with E-state index in [2.05, 4.69) is 92.5 Å². The molecule has 0 atom stereocenters. The summed E-state index contributed by atoms with van der Waals surface area (Å²) in [6.07, 6.45) is 0. The third kappa shape index (κ3) is 3.59. The molecule has 0 spiro atoms. The zero-order valence-corrected chi connectivity index (χ0v) is 15.3. The zero-order chi connectivity index (χ0) is 17.1. The molecule has 0 aliphatic carbocycles. The first-order valence-corrected chi connectivity index (χ1v) is 9.06. The summed E-state index contributed by atoms with van der Waals surface area (Å²) >= 11 is 3.48. The summed E-state index contributed by atoms with van der Waals surface area (Å²) in [5.74, 6) is 0.896. The Bertz CT molecular complexity index is 975. The number of nitrogens with zero attached hydrogens (tertiary/aromatic N) is 2. The average Bonchev–Trinajstić information content (AvgIpc) is 3.00. The summed E-state index contributed by atoms with van der Waals surface area (Å²) in [4.78, 5) is 4.78. The molecule has 0 saturated heterocycles. The molecule has 0 bridgehead atoms. The average molecular weight is 392 g/mol. The van der Waals surface area contributed by atoms with E-state index >= 15 is 0 Å². The van der Waals surface area contributed by atoms with Crippen molar-refractivity contribution in [3.63, 3.8) is 0 Å². The van der Waals surface area contributed by atoms with Crippen LogP contribution in [0.5, 0.6) is 0 Å². The van der Waals surface area contributed by atoms with E-state index in [1.54, 1.807) is 0 Å². The van der Waals surface area contributed by atoms with Gasteiger partial charge in [-0.25, -0.2) is 4.98 Å². The zero-order valence-electron chi connectivity index (χ0n) is 13.7. The first-order chi connectivity index (χ1) is 12.3. The van der Waals surface area contributed by atoms with Gasteiger partial charge in [-0.3, -0.25) is 0 Å². The van der Waals surface area contributed by atoms with Crippen molar-refractivity contribution in [2.24, 2.45) is 0 Å². The Balaban J connectivity index is 1.65. The van der Waals surface area contributed by atoms with Gasteiger partial charge in [0.15, 0.2) is 0 Å². The molecule has 0 aliphatic heterocycles. The fourth-order valence-electron chi connectivity index (χ4n) is 2.92. The molecule has 4 heteroatoms. The van der Waals surface area contributed by atoms with E-state index in [0.717, 1.165) is 34.5 Å². The second-order valence-electron chi connectivity index (χ2n) is 5.98. The third-order valence-corrected chi connectivity index (χ3v) is 4.73. The summed E-state index contributed by atoms with van der Waals surface area (Å²) in [7, 11) is 0. The first-order valence-electron chi connectivity index (χ1n) is 8.27. The van der Waals surface area contributed by atoms with Crippen LogP contribution in [0.3, 0.4) is 0 Å². The van der Waals surface area contributed by atoms with Gasteiger partial charge in [0.1, 0.15) is 0 Å². The number of imidazole rings is 1. The van der Waals surface area contributed by atoms with Crippen LogP contribution in [0.1, 0.15) is 11.1 Å². The molecule has 4 rings (SSSR count). The molecule has 0 radical (unpaired) electrons. The van der Waals surface area contributed by atoms with Crippen LogP contribution in [0.25, 0.3) is 11.0 Å². The normalized spacial score (nSPS) is 10.9. The van der Waals surface area contributed by atoms with E-state index in [0.29, 0.717) is 0 Å². The highest BCUT2D eigenvalue weighted by atomic mass is 79.9. The van der Waals surface area contributed by atoms with Gasteiger partial charge in [-0.2, -0.15) is 0 Å². The summed E-state index contributed by atoms with van der Waals surface area (Å²) in [5.41, 5.74) is 4.64. The van der Waals surface area contributed by atoms with E-state index in [9.17, 15) is 0 Å². The number of anilines is 1. The summed E-state index contributed by atoms with van der Waals surface area (Å²) < 4.78 is 3.33. The molecule has 0 amide bonds. The van der Waals surface area contributed by atoms with Crippen molar-refractivity contribution in [3.8, 4) is 0 Å². The summed E-state index contributed by atoms with van der Waals surface area (Å²) in [6, 6.07) is 27.1. The number of benzene rings is 3. The monoisotopic (exact) mass is 391 g/mol. The van der Waals surface area contributed by atoms with Gasteiger partial charge < -0.3 is 9.88 Å². The van der Waals surface area contributed by atoms with Gasteiger partial charge >= 0.3 is 0 Å². The van der Waals surface area contributed by atoms with Crippen LogP contribution < -0.4 is 5.32 Å². The standard InChI is InChI=1S/C21H18BrN3/c22-18-12-10-16(11-13-18)14-23-21-24-19-8-4-5-9-20(19)25(21)15-17-6-2-1-3-7-17/h1-13H,14-15H2,(H,23,24). The Labute approximate surface area is 155 Å². The Hall–Kier alpha value is -2.59. The SMILES string of the molecule is Brc1ccc(CNc2nc3ccccc3n2Cc2ccccc2)cc1. The van der Waals surface area contributed by atoms with Crippen LogP contribution in [0.4, 0.5) is 5.95 Å². The molecule has 3 aromatic carbocycles. The maximum absolute atomic E-state index is 4.78. The molecule has 4 aromatic rings. The fraction of sp³-hybridized carbons (Fsp3) is 0.0952.